The van der Waals surface area contributed by atoms with Crippen LogP contribution in [-0.4, -0.2) is 4.57 Å². The minimum Gasteiger partial charge on any atom is -0.351 e. The highest BCUT2D eigenvalue weighted by Gasteiger charge is 1.98. The van der Waals surface area contributed by atoms with E-state index in [0.29, 0.717) is 6.61 Å². The summed E-state index contributed by atoms with van der Waals surface area (Å²) in [4.78, 5) is 4.58. The largest absolute Gasteiger partial charge is 0.351 e. The van der Waals surface area contributed by atoms with Crippen molar-refractivity contribution in [3.8, 4) is 0 Å². The minimum atomic E-state index is 0.459. The molecule has 1 aromatic heterocycles. The van der Waals surface area contributed by atoms with Crippen LogP contribution < -0.4 is 5.90 Å². The monoisotopic (exact) mass is 176 g/mol. The molecule has 0 aliphatic heterocycles. The van der Waals surface area contributed by atoms with Gasteiger partial charge in [0.25, 0.3) is 0 Å². The van der Waals surface area contributed by atoms with Crippen molar-refractivity contribution in [2.75, 3.05) is 0 Å². The second kappa shape index (κ2) is 3.20. The molecule has 0 unspecified atom stereocenters. The maximum Gasteiger partial charge on any atom is 0.0930 e. The standard InChI is InChI=1S/C10H12N2O/c1-12-5-4-9-3-2-8(7-13-11)6-10(9)12/h2-6H,7,11H2,1H3. The molecular formula is C10H12N2O. The molecule has 2 aromatic rings. The predicted molar refractivity (Wildman–Crippen MR) is 51.9 cm³/mol. The van der Waals surface area contributed by atoms with Gasteiger partial charge in [0.15, 0.2) is 0 Å². The lowest BCUT2D eigenvalue weighted by Crippen LogP contribution is -1.98. The summed E-state index contributed by atoms with van der Waals surface area (Å²) in [5, 5.41) is 1.24. The first-order chi connectivity index (χ1) is 6.31. The molecule has 0 saturated heterocycles. The molecular weight excluding hydrogens is 164 g/mol. The van der Waals surface area contributed by atoms with Gasteiger partial charge in [-0.25, -0.2) is 5.90 Å². The molecule has 3 nitrogen and oxygen atoms in total. The van der Waals surface area contributed by atoms with Gasteiger partial charge >= 0.3 is 0 Å². The Hall–Kier alpha value is -1.32. The Labute approximate surface area is 76.7 Å². The zero-order chi connectivity index (χ0) is 9.26. The Kier molecular flexibility index (Phi) is 2.04. The predicted octanol–water partition coefficient (Wildman–Crippen LogP) is 1.57. The molecule has 68 valence electrons. The molecule has 0 bridgehead atoms. The summed E-state index contributed by atoms with van der Waals surface area (Å²) in [5.74, 6) is 5.01. The molecule has 0 spiro atoms. The lowest BCUT2D eigenvalue weighted by molar-refractivity contribution is 0.124. The van der Waals surface area contributed by atoms with Crippen LogP contribution in [0.1, 0.15) is 5.56 Å². The summed E-state index contributed by atoms with van der Waals surface area (Å²) < 4.78 is 2.08. The first-order valence-electron chi connectivity index (χ1n) is 4.17. The quantitative estimate of drug-likeness (QED) is 0.705. The van der Waals surface area contributed by atoms with Gasteiger partial charge < -0.3 is 4.57 Å². The van der Waals surface area contributed by atoms with Crippen molar-refractivity contribution in [1.82, 2.24) is 4.57 Å². The molecule has 0 fully saturated rings. The van der Waals surface area contributed by atoms with Crippen molar-refractivity contribution < 1.29 is 4.84 Å². The summed E-state index contributed by atoms with van der Waals surface area (Å²) in [5.41, 5.74) is 2.30. The molecule has 0 saturated carbocycles. The van der Waals surface area contributed by atoms with Crippen LogP contribution in [-0.2, 0) is 18.5 Å². The third-order valence-electron chi connectivity index (χ3n) is 2.20. The Balaban J connectivity index is 2.53. The number of nitrogens with two attached hydrogens (primary N) is 1. The lowest BCUT2D eigenvalue weighted by atomic mass is 10.2. The highest BCUT2D eigenvalue weighted by molar-refractivity contribution is 5.80. The molecule has 0 aliphatic carbocycles. The fourth-order valence-electron chi connectivity index (χ4n) is 1.49. The van der Waals surface area contributed by atoms with Crippen LogP contribution in [0.15, 0.2) is 30.5 Å². The van der Waals surface area contributed by atoms with Crippen LogP contribution in [0, 0.1) is 0 Å². The SMILES string of the molecule is Cn1ccc2ccc(CON)cc21. The topological polar surface area (TPSA) is 40.2 Å². The molecule has 0 aliphatic rings. The summed E-state index contributed by atoms with van der Waals surface area (Å²) in [7, 11) is 2.02. The summed E-state index contributed by atoms with van der Waals surface area (Å²) >= 11 is 0. The third-order valence-corrected chi connectivity index (χ3v) is 2.20. The average molecular weight is 176 g/mol. The number of fused-ring (bicyclic) bond motifs is 1. The number of nitrogens with zero attached hydrogens (tertiary/aromatic N) is 1. The van der Waals surface area contributed by atoms with Crippen LogP contribution in [0.3, 0.4) is 0 Å². The molecule has 3 heteroatoms. The Morgan fingerprint density at radius 3 is 3.00 bits per heavy atom. The molecule has 1 aromatic carbocycles. The second-order valence-corrected chi connectivity index (χ2v) is 3.13. The van der Waals surface area contributed by atoms with Crippen molar-refractivity contribution in [2.45, 2.75) is 6.61 Å². The van der Waals surface area contributed by atoms with Crippen molar-refractivity contribution >= 4 is 10.9 Å². The molecule has 13 heavy (non-hydrogen) atoms. The van der Waals surface area contributed by atoms with E-state index in [9.17, 15) is 0 Å². The van der Waals surface area contributed by atoms with Crippen molar-refractivity contribution in [1.29, 1.82) is 0 Å². The summed E-state index contributed by atoms with van der Waals surface area (Å²) in [6.45, 7) is 0.459. The van der Waals surface area contributed by atoms with Crippen LogP contribution in [0.2, 0.25) is 0 Å². The van der Waals surface area contributed by atoms with Gasteiger partial charge in [0, 0.05) is 18.8 Å². The molecule has 2 N–H and O–H groups in total. The normalized spacial score (nSPS) is 10.9. The first kappa shape index (κ1) is 8.29. The van der Waals surface area contributed by atoms with Crippen molar-refractivity contribution in [2.24, 2.45) is 12.9 Å². The fourth-order valence-corrected chi connectivity index (χ4v) is 1.49. The van der Waals surface area contributed by atoms with Gasteiger partial charge in [-0.1, -0.05) is 12.1 Å². The Morgan fingerprint density at radius 2 is 2.23 bits per heavy atom. The number of aromatic nitrogens is 1. The molecule has 0 atom stereocenters. The van der Waals surface area contributed by atoms with Crippen LogP contribution in [0.4, 0.5) is 0 Å². The lowest BCUT2D eigenvalue weighted by Gasteiger charge is -2.00. The van der Waals surface area contributed by atoms with E-state index < -0.39 is 0 Å². The number of rotatable bonds is 2. The van der Waals surface area contributed by atoms with E-state index in [2.05, 4.69) is 27.6 Å². The van der Waals surface area contributed by atoms with E-state index >= 15 is 0 Å². The van der Waals surface area contributed by atoms with E-state index in [-0.39, 0.29) is 0 Å². The van der Waals surface area contributed by atoms with Gasteiger partial charge in [-0.3, -0.25) is 4.84 Å². The van der Waals surface area contributed by atoms with Gasteiger partial charge in [-0.15, -0.1) is 0 Å². The summed E-state index contributed by atoms with van der Waals surface area (Å²) in [6, 6.07) is 8.27. The fraction of sp³-hybridized carbons (Fsp3) is 0.200. The highest BCUT2D eigenvalue weighted by Crippen LogP contribution is 2.16. The van der Waals surface area contributed by atoms with Gasteiger partial charge in [-0.2, -0.15) is 0 Å². The molecule has 2 rings (SSSR count). The third kappa shape index (κ3) is 1.43. The molecule has 0 radical (unpaired) electrons. The Bertz CT molecular complexity index is 420. The highest BCUT2D eigenvalue weighted by atomic mass is 16.6. The molecule has 0 amide bonds. The molecule has 1 heterocycles. The van der Waals surface area contributed by atoms with E-state index in [1.54, 1.807) is 0 Å². The van der Waals surface area contributed by atoms with E-state index in [1.165, 1.54) is 10.9 Å². The number of benzene rings is 1. The number of aryl methyl sites for hydroxylation is 1. The van der Waals surface area contributed by atoms with Crippen LogP contribution in [0.5, 0.6) is 0 Å². The zero-order valence-corrected chi connectivity index (χ0v) is 7.53. The van der Waals surface area contributed by atoms with Crippen LogP contribution in [0.25, 0.3) is 10.9 Å². The van der Waals surface area contributed by atoms with Crippen LogP contribution >= 0.6 is 0 Å². The van der Waals surface area contributed by atoms with Gasteiger partial charge in [-0.05, 0) is 23.1 Å². The van der Waals surface area contributed by atoms with E-state index in [0.717, 1.165) is 5.56 Å². The second-order valence-electron chi connectivity index (χ2n) is 3.13. The number of hydrogen-bond donors (Lipinski definition) is 1. The van der Waals surface area contributed by atoms with Crippen molar-refractivity contribution in [3.63, 3.8) is 0 Å². The van der Waals surface area contributed by atoms with Gasteiger partial charge in [0.2, 0.25) is 0 Å². The van der Waals surface area contributed by atoms with Crippen molar-refractivity contribution in [3.05, 3.63) is 36.0 Å². The van der Waals surface area contributed by atoms with E-state index in [1.807, 2.05) is 19.3 Å². The van der Waals surface area contributed by atoms with E-state index in [4.69, 9.17) is 5.90 Å². The average Bonchev–Trinajstić information content (AvgIpc) is 2.49. The van der Waals surface area contributed by atoms with Gasteiger partial charge in [0.1, 0.15) is 0 Å². The minimum absolute atomic E-state index is 0.459. The number of hydrogen-bond acceptors (Lipinski definition) is 2. The maximum atomic E-state index is 5.01. The van der Waals surface area contributed by atoms with Gasteiger partial charge in [0.05, 0.1) is 6.61 Å². The Morgan fingerprint density at radius 1 is 1.38 bits per heavy atom. The smallest absolute Gasteiger partial charge is 0.0930 e. The maximum absolute atomic E-state index is 5.01. The zero-order valence-electron chi connectivity index (χ0n) is 7.53. The summed E-state index contributed by atoms with van der Waals surface area (Å²) in [6.07, 6.45) is 2.04. The first-order valence-corrected chi connectivity index (χ1v) is 4.17.